The maximum Gasteiger partial charge on any atom is 0.140 e. The fourth-order valence-corrected chi connectivity index (χ4v) is 1.78. The van der Waals surface area contributed by atoms with Gasteiger partial charge in [-0.05, 0) is 20.4 Å². The van der Waals surface area contributed by atoms with Crippen LogP contribution in [0.25, 0.3) is 0 Å². The van der Waals surface area contributed by atoms with Crippen molar-refractivity contribution >= 4 is 11.6 Å². The van der Waals surface area contributed by atoms with Gasteiger partial charge in [-0.2, -0.15) is 5.10 Å². The lowest BCUT2D eigenvalue weighted by molar-refractivity contribution is 0.312. The van der Waals surface area contributed by atoms with Crippen LogP contribution < -0.4 is 0 Å². The van der Waals surface area contributed by atoms with Crippen LogP contribution in [0.4, 0.5) is 0 Å². The molecule has 4 nitrogen and oxygen atoms in total. The van der Waals surface area contributed by atoms with Gasteiger partial charge in [0.2, 0.25) is 0 Å². The quantitative estimate of drug-likeness (QED) is 0.699. The number of aryl methyl sites for hydroxylation is 1. The second-order valence-corrected chi connectivity index (χ2v) is 4.62. The Morgan fingerprint density at radius 3 is 2.93 bits per heavy atom. The summed E-state index contributed by atoms with van der Waals surface area (Å²) in [5.41, 5.74) is 0. The largest absolute Gasteiger partial charge is 0.298 e. The van der Waals surface area contributed by atoms with Crippen LogP contribution in [0, 0.1) is 0 Å². The highest BCUT2D eigenvalue weighted by Crippen LogP contribution is 2.03. The second kappa shape index (κ2) is 6.08. The molecule has 0 aliphatic heterocycles. The van der Waals surface area contributed by atoms with Crippen molar-refractivity contribution in [2.75, 3.05) is 13.6 Å². The fourth-order valence-electron chi connectivity index (χ4n) is 1.54. The lowest BCUT2D eigenvalue weighted by Crippen LogP contribution is -2.26. The normalized spacial score (nSPS) is 13.4. The Morgan fingerprint density at radius 1 is 1.60 bits per heavy atom. The number of nitrogens with zero attached hydrogens (tertiary/aromatic N) is 4. The molecule has 86 valence electrons. The summed E-state index contributed by atoms with van der Waals surface area (Å²) >= 11 is 5.93. The van der Waals surface area contributed by atoms with E-state index in [2.05, 4.69) is 21.9 Å². The summed E-state index contributed by atoms with van der Waals surface area (Å²) in [6.07, 6.45) is 2.69. The molecule has 0 amide bonds. The summed E-state index contributed by atoms with van der Waals surface area (Å²) < 4.78 is 1.95. The molecular formula is C10H19ClN4. The minimum atomic E-state index is 0.164. The van der Waals surface area contributed by atoms with Crippen LogP contribution in [0.15, 0.2) is 6.33 Å². The molecule has 1 rings (SSSR count). The first kappa shape index (κ1) is 12.5. The number of hydrogen-bond acceptors (Lipinski definition) is 3. The lowest BCUT2D eigenvalue weighted by atomic mass is 10.4. The van der Waals surface area contributed by atoms with Crippen LogP contribution in [-0.4, -0.2) is 38.6 Å². The highest BCUT2D eigenvalue weighted by molar-refractivity contribution is 6.20. The van der Waals surface area contributed by atoms with Gasteiger partial charge in [-0.3, -0.25) is 4.90 Å². The Kier molecular flexibility index (Phi) is 5.05. The van der Waals surface area contributed by atoms with Crippen molar-refractivity contribution < 1.29 is 0 Å². The molecule has 0 aliphatic rings. The van der Waals surface area contributed by atoms with Gasteiger partial charge < -0.3 is 0 Å². The van der Waals surface area contributed by atoms with Crippen molar-refractivity contribution in [1.82, 2.24) is 19.7 Å². The van der Waals surface area contributed by atoms with Gasteiger partial charge in [0, 0.05) is 18.5 Å². The predicted molar refractivity (Wildman–Crippen MR) is 62.0 cm³/mol. The van der Waals surface area contributed by atoms with Gasteiger partial charge in [0.05, 0.1) is 6.54 Å². The third-order valence-electron chi connectivity index (χ3n) is 2.11. The summed E-state index contributed by atoms with van der Waals surface area (Å²) in [5, 5.41) is 4.35. The number of aromatic nitrogens is 3. The molecular weight excluding hydrogens is 212 g/mol. The molecule has 0 saturated heterocycles. The Balaban J connectivity index is 2.51. The second-order valence-electron chi connectivity index (χ2n) is 3.88. The van der Waals surface area contributed by atoms with Crippen molar-refractivity contribution in [2.24, 2.45) is 0 Å². The van der Waals surface area contributed by atoms with Gasteiger partial charge in [-0.25, -0.2) is 9.67 Å². The van der Waals surface area contributed by atoms with E-state index in [-0.39, 0.29) is 5.38 Å². The lowest BCUT2D eigenvalue weighted by Gasteiger charge is -2.17. The first-order valence-corrected chi connectivity index (χ1v) is 5.76. The Morgan fingerprint density at radius 2 is 2.33 bits per heavy atom. The monoisotopic (exact) mass is 230 g/mol. The molecule has 1 unspecified atom stereocenters. The van der Waals surface area contributed by atoms with Gasteiger partial charge >= 0.3 is 0 Å². The molecule has 1 aromatic rings. The van der Waals surface area contributed by atoms with E-state index in [0.717, 1.165) is 31.9 Å². The van der Waals surface area contributed by atoms with Crippen molar-refractivity contribution in [3.63, 3.8) is 0 Å². The molecule has 1 aromatic heterocycles. The van der Waals surface area contributed by atoms with Crippen LogP contribution >= 0.6 is 11.6 Å². The zero-order valence-corrected chi connectivity index (χ0v) is 10.4. The molecule has 0 radical (unpaired) electrons. The van der Waals surface area contributed by atoms with E-state index < -0.39 is 0 Å². The number of rotatable bonds is 6. The molecule has 0 N–H and O–H groups in total. The minimum Gasteiger partial charge on any atom is -0.298 e. The Labute approximate surface area is 96.2 Å². The van der Waals surface area contributed by atoms with E-state index in [1.807, 2.05) is 18.7 Å². The topological polar surface area (TPSA) is 34.0 Å². The molecule has 5 heteroatoms. The Bertz CT molecular complexity index is 285. The van der Waals surface area contributed by atoms with E-state index in [4.69, 9.17) is 11.6 Å². The fraction of sp³-hybridized carbons (Fsp3) is 0.800. The van der Waals surface area contributed by atoms with Gasteiger partial charge in [-0.1, -0.05) is 6.92 Å². The van der Waals surface area contributed by atoms with Crippen LogP contribution in [0.3, 0.4) is 0 Å². The number of halogens is 1. The molecule has 15 heavy (non-hydrogen) atoms. The maximum absolute atomic E-state index is 5.93. The average Bonchev–Trinajstić information content (AvgIpc) is 2.52. The van der Waals surface area contributed by atoms with Crippen LogP contribution in [0.5, 0.6) is 0 Å². The average molecular weight is 231 g/mol. The van der Waals surface area contributed by atoms with E-state index in [0.29, 0.717) is 0 Å². The van der Waals surface area contributed by atoms with Gasteiger partial charge in [0.15, 0.2) is 0 Å². The highest BCUT2D eigenvalue weighted by Gasteiger charge is 2.08. The molecule has 0 saturated carbocycles. The summed E-state index contributed by atoms with van der Waals surface area (Å²) in [6.45, 7) is 6.72. The maximum atomic E-state index is 5.93. The van der Waals surface area contributed by atoms with Crippen LogP contribution in [-0.2, 0) is 13.1 Å². The standard InChI is InChI=1S/C10H19ClN4/c1-4-5-15-10(12-8-13-15)7-14(3)6-9(2)11/h8-9H,4-7H2,1-3H3. The van der Waals surface area contributed by atoms with Crippen molar-refractivity contribution in [3.05, 3.63) is 12.2 Å². The SMILES string of the molecule is CCCn1ncnc1CN(C)CC(C)Cl. The van der Waals surface area contributed by atoms with Gasteiger partial charge in [-0.15, -0.1) is 11.6 Å². The molecule has 0 aliphatic carbocycles. The van der Waals surface area contributed by atoms with E-state index >= 15 is 0 Å². The molecule has 0 aromatic carbocycles. The van der Waals surface area contributed by atoms with Crippen LogP contribution in [0.1, 0.15) is 26.1 Å². The number of hydrogen-bond donors (Lipinski definition) is 0. The number of alkyl halides is 1. The minimum absolute atomic E-state index is 0.164. The molecule has 0 fully saturated rings. The van der Waals surface area contributed by atoms with Crippen LogP contribution in [0.2, 0.25) is 0 Å². The molecule has 1 atom stereocenters. The van der Waals surface area contributed by atoms with E-state index in [1.54, 1.807) is 6.33 Å². The molecule has 1 heterocycles. The summed E-state index contributed by atoms with van der Waals surface area (Å²) in [7, 11) is 2.05. The summed E-state index contributed by atoms with van der Waals surface area (Å²) in [4.78, 5) is 6.41. The van der Waals surface area contributed by atoms with Crippen molar-refractivity contribution in [1.29, 1.82) is 0 Å². The third-order valence-corrected chi connectivity index (χ3v) is 2.24. The zero-order valence-electron chi connectivity index (χ0n) is 9.65. The van der Waals surface area contributed by atoms with Crippen molar-refractivity contribution in [2.45, 2.75) is 38.7 Å². The van der Waals surface area contributed by atoms with E-state index in [9.17, 15) is 0 Å². The van der Waals surface area contributed by atoms with E-state index in [1.165, 1.54) is 0 Å². The third kappa shape index (κ3) is 4.18. The van der Waals surface area contributed by atoms with Crippen molar-refractivity contribution in [3.8, 4) is 0 Å². The summed E-state index contributed by atoms with van der Waals surface area (Å²) in [5.74, 6) is 1.01. The first-order valence-electron chi connectivity index (χ1n) is 5.32. The Hall–Kier alpha value is -0.610. The smallest absolute Gasteiger partial charge is 0.140 e. The highest BCUT2D eigenvalue weighted by atomic mass is 35.5. The van der Waals surface area contributed by atoms with Gasteiger partial charge in [0.1, 0.15) is 12.2 Å². The predicted octanol–water partition coefficient (Wildman–Crippen LogP) is 1.75. The molecule has 0 spiro atoms. The van der Waals surface area contributed by atoms with Gasteiger partial charge in [0.25, 0.3) is 0 Å². The summed E-state index contributed by atoms with van der Waals surface area (Å²) in [6, 6.07) is 0. The molecule has 0 bridgehead atoms. The first-order chi connectivity index (χ1) is 7.13. The zero-order chi connectivity index (χ0) is 11.3.